The third-order valence-corrected chi connectivity index (χ3v) is 9.46. The molecular weight excluding hydrogens is 588 g/mol. The minimum absolute atomic E-state index is 0.0986. The molecule has 2 aliphatic heterocycles. The van der Waals surface area contributed by atoms with Gasteiger partial charge in [0.2, 0.25) is 0 Å². The Morgan fingerprint density at radius 1 is 0.956 bits per heavy atom. The molecule has 10 heteroatoms. The normalized spacial score (nSPS) is 18.7. The fourth-order valence-corrected chi connectivity index (χ4v) is 7.29. The van der Waals surface area contributed by atoms with Gasteiger partial charge in [-0.05, 0) is 54.5 Å². The van der Waals surface area contributed by atoms with Crippen molar-refractivity contribution in [2.45, 2.75) is 12.5 Å². The van der Waals surface area contributed by atoms with Gasteiger partial charge in [-0.2, -0.15) is 10.4 Å². The Bertz CT molecular complexity index is 2010. The van der Waals surface area contributed by atoms with Gasteiger partial charge in [-0.1, -0.05) is 61.2 Å². The number of nitrogens with zero attached hydrogens (tertiary/aromatic N) is 4. The van der Waals surface area contributed by atoms with Gasteiger partial charge in [0.05, 0.1) is 34.5 Å². The number of nitriles is 1. The fourth-order valence-electron chi connectivity index (χ4n) is 5.59. The van der Waals surface area contributed by atoms with E-state index in [2.05, 4.69) is 6.58 Å². The molecule has 0 radical (unpaired) electrons. The second kappa shape index (κ2) is 12.2. The van der Waals surface area contributed by atoms with Crippen molar-refractivity contribution in [2.24, 2.45) is 0 Å². The van der Waals surface area contributed by atoms with E-state index in [0.29, 0.717) is 29.2 Å². The van der Waals surface area contributed by atoms with Crippen LogP contribution in [0, 0.1) is 11.3 Å². The van der Waals surface area contributed by atoms with Crippen molar-refractivity contribution in [3.63, 3.8) is 0 Å². The number of carbonyl (C=O) groups is 2. The van der Waals surface area contributed by atoms with Crippen LogP contribution in [-0.2, 0) is 19.4 Å². The summed E-state index contributed by atoms with van der Waals surface area (Å²) < 4.78 is 32.1. The van der Waals surface area contributed by atoms with E-state index in [9.17, 15) is 23.3 Å². The first-order valence-electron chi connectivity index (χ1n) is 14.3. The first-order chi connectivity index (χ1) is 21.8. The lowest BCUT2D eigenvalue weighted by Gasteiger charge is -2.32. The molecule has 0 spiro atoms. The summed E-state index contributed by atoms with van der Waals surface area (Å²) in [5, 5.41) is 15.1. The average Bonchev–Trinajstić information content (AvgIpc) is 3.65. The van der Waals surface area contributed by atoms with Gasteiger partial charge in [0.25, 0.3) is 11.8 Å². The van der Waals surface area contributed by atoms with Crippen molar-refractivity contribution in [1.29, 1.82) is 5.26 Å². The van der Waals surface area contributed by atoms with E-state index in [-0.39, 0.29) is 34.6 Å². The van der Waals surface area contributed by atoms with Gasteiger partial charge in [-0.15, -0.1) is 0 Å². The first kappa shape index (κ1) is 29.5. The van der Waals surface area contributed by atoms with E-state index in [1.54, 1.807) is 53.4 Å². The molecule has 0 aliphatic carbocycles. The van der Waals surface area contributed by atoms with E-state index < -0.39 is 27.7 Å². The summed E-state index contributed by atoms with van der Waals surface area (Å²) in [7, 11) is -3.43. The average molecular weight is 617 g/mol. The van der Waals surface area contributed by atoms with Crippen molar-refractivity contribution in [2.75, 3.05) is 18.1 Å². The molecule has 6 rings (SSSR count). The highest BCUT2D eigenvalue weighted by atomic mass is 32.2. The molecule has 4 aromatic rings. The van der Waals surface area contributed by atoms with E-state index in [4.69, 9.17) is 9.84 Å². The highest BCUT2D eigenvalue weighted by Gasteiger charge is 2.45. The molecule has 224 valence electrons. The molecule has 1 aromatic heterocycles. The molecule has 45 heavy (non-hydrogen) atoms. The quantitative estimate of drug-likeness (QED) is 0.155. The molecule has 2 aliphatic rings. The lowest BCUT2D eigenvalue weighted by atomic mass is 9.86. The highest BCUT2D eigenvalue weighted by Crippen LogP contribution is 2.38. The van der Waals surface area contributed by atoms with Crippen LogP contribution in [0.25, 0.3) is 28.6 Å². The molecule has 2 amide bonds. The van der Waals surface area contributed by atoms with Gasteiger partial charge in [0, 0.05) is 22.9 Å². The Labute approximate surface area is 260 Å². The standard InChI is InChI=1S/C35H28N4O5S/c1-2-18-44-29-15-13-25(14-16-29)33-26(22-38(37-33)27-11-7-4-8-12-27)20-30-32(24-9-5-3-6-10-24)31(21-36)35(41)39(34(30)40)28-17-19-45(42,43)23-28/h2-16,20,22,28H,1,17-19,23H2/b30-20-. The molecule has 0 bridgehead atoms. The van der Waals surface area contributed by atoms with E-state index in [1.807, 2.05) is 60.7 Å². The van der Waals surface area contributed by atoms with Crippen LogP contribution in [0.5, 0.6) is 5.75 Å². The molecular formula is C35H28N4O5S. The largest absolute Gasteiger partial charge is 0.490 e. The van der Waals surface area contributed by atoms with E-state index >= 15 is 0 Å². The number of ether oxygens (including phenoxy) is 1. The van der Waals surface area contributed by atoms with Crippen LogP contribution < -0.4 is 4.74 Å². The van der Waals surface area contributed by atoms with Crippen LogP contribution in [0.15, 0.2) is 115 Å². The first-order valence-corrected chi connectivity index (χ1v) is 16.1. The third kappa shape index (κ3) is 5.86. The fraction of sp³-hybridized carbons (Fsp3) is 0.143. The number of amides is 2. The number of benzene rings is 3. The van der Waals surface area contributed by atoms with Gasteiger partial charge in [-0.25, -0.2) is 13.1 Å². The summed E-state index contributed by atoms with van der Waals surface area (Å²) >= 11 is 0. The molecule has 1 unspecified atom stereocenters. The van der Waals surface area contributed by atoms with Gasteiger partial charge in [0.15, 0.2) is 9.84 Å². The number of hydrogen-bond acceptors (Lipinski definition) is 7. The molecule has 9 nitrogen and oxygen atoms in total. The maximum atomic E-state index is 14.3. The molecule has 1 atom stereocenters. The third-order valence-electron chi connectivity index (χ3n) is 7.71. The molecule has 0 saturated carbocycles. The van der Waals surface area contributed by atoms with Crippen LogP contribution in [0.3, 0.4) is 0 Å². The Balaban J connectivity index is 1.56. The smallest absolute Gasteiger partial charge is 0.272 e. The maximum Gasteiger partial charge on any atom is 0.272 e. The summed E-state index contributed by atoms with van der Waals surface area (Å²) in [6.07, 6.45) is 5.19. The van der Waals surface area contributed by atoms with E-state index in [1.165, 1.54) is 0 Å². The Hall–Kier alpha value is -5.53. The van der Waals surface area contributed by atoms with Gasteiger partial charge >= 0.3 is 0 Å². The second-order valence-electron chi connectivity index (χ2n) is 10.7. The number of imide groups is 1. The number of hydrogen-bond donors (Lipinski definition) is 0. The molecule has 1 saturated heterocycles. The van der Waals surface area contributed by atoms with Crippen LogP contribution in [-0.4, -0.2) is 59.1 Å². The summed E-state index contributed by atoms with van der Waals surface area (Å²) in [5.74, 6) is -1.28. The Morgan fingerprint density at radius 3 is 2.27 bits per heavy atom. The number of carbonyl (C=O) groups excluding carboxylic acids is 2. The van der Waals surface area contributed by atoms with Crippen LogP contribution in [0.4, 0.5) is 0 Å². The number of para-hydroxylation sites is 1. The zero-order chi connectivity index (χ0) is 31.6. The van der Waals surface area contributed by atoms with Crippen molar-refractivity contribution in [3.05, 3.63) is 126 Å². The van der Waals surface area contributed by atoms with Crippen molar-refractivity contribution in [3.8, 4) is 28.8 Å². The zero-order valence-corrected chi connectivity index (χ0v) is 25.0. The predicted molar refractivity (Wildman–Crippen MR) is 171 cm³/mol. The van der Waals surface area contributed by atoms with Crippen molar-refractivity contribution >= 4 is 33.3 Å². The van der Waals surface area contributed by atoms with Crippen LogP contribution >= 0.6 is 0 Å². The number of sulfone groups is 1. The maximum absolute atomic E-state index is 14.3. The monoisotopic (exact) mass is 616 g/mol. The highest BCUT2D eigenvalue weighted by molar-refractivity contribution is 7.91. The van der Waals surface area contributed by atoms with Gasteiger partial charge < -0.3 is 4.74 Å². The number of rotatable bonds is 8. The summed E-state index contributed by atoms with van der Waals surface area (Å²) in [6, 6.07) is 26.7. The van der Waals surface area contributed by atoms with E-state index in [0.717, 1.165) is 16.2 Å². The minimum Gasteiger partial charge on any atom is -0.490 e. The second-order valence-corrected chi connectivity index (χ2v) is 12.9. The molecule has 1 fully saturated rings. The number of aromatic nitrogens is 2. The minimum atomic E-state index is -3.43. The van der Waals surface area contributed by atoms with Crippen molar-refractivity contribution in [1.82, 2.24) is 14.7 Å². The van der Waals surface area contributed by atoms with Crippen LogP contribution in [0.1, 0.15) is 17.5 Å². The van der Waals surface area contributed by atoms with Gasteiger partial charge in [-0.3, -0.25) is 14.5 Å². The summed E-state index contributed by atoms with van der Waals surface area (Å²) in [5.41, 5.74) is 3.21. The van der Waals surface area contributed by atoms with Gasteiger partial charge in [0.1, 0.15) is 24.0 Å². The topological polar surface area (TPSA) is 122 Å². The Morgan fingerprint density at radius 2 is 1.64 bits per heavy atom. The molecule has 3 heterocycles. The lowest BCUT2D eigenvalue weighted by Crippen LogP contribution is -2.49. The molecule has 3 aromatic carbocycles. The zero-order valence-electron chi connectivity index (χ0n) is 24.2. The lowest BCUT2D eigenvalue weighted by molar-refractivity contribution is -0.142. The van der Waals surface area contributed by atoms with Crippen molar-refractivity contribution < 1.29 is 22.7 Å². The summed E-state index contributed by atoms with van der Waals surface area (Å²) in [4.78, 5) is 29.0. The summed E-state index contributed by atoms with van der Waals surface area (Å²) in [6.45, 7) is 4.03. The molecule has 0 N–H and O–H groups in total. The Kier molecular flexibility index (Phi) is 8.02. The van der Waals surface area contributed by atoms with Crippen LogP contribution in [0.2, 0.25) is 0 Å². The SMILES string of the molecule is C=CCOc1ccc(-c2nn(-c3ccccc3)cc2/C=C2\C(=O)N(C3CCS(=O)(=O)C3)C(=O)C(C#N)=C2c2ccccc2)cc1. The predicted octanol–water partition coefficient (Wildman–Crippen LogP) is 5.02.